The number of anilines is 1. The minimum absolute atomic E-state index is 0.0192. The number of fused-ring (bicyclic) bond motifs is 2. The Morgan fingerprint density at radius 2 is 2.11 bits per heavy atom. The van der Waals surface area contributed by atoms with Gasteiger partial charge in [0.05, 0.1) is 43.6 Å². The second kappa shape index (κ2) is 7.80. The number of halogens is 2. The van der Waals surface area contributed by atoms with Gasteiger partial charge in [-0.3, -0.25) is 4.79 Å². The zero-order chi connectivity index (χ0) is 20.0. The number of aryl methyl sites for hydroxylation is 1. The Bertz CT molecular complexity index is 1120. The van der Waals surface area contributed by atoms with E-state index in [1.54, 1.807) is 6.07 Å². The van der Waals surface area contributed by atoms with E-state index in [-0.39, 0.29) is 11.7 Å². The normalized spacial score (nSPS) is 16.5. The van der Waals surface area contributed by atoms with Crippen LogP contribution in [0.2, 0.25) is 10.0 Å². The van der Waals surface area contributed by atoms with Crippen molar-refractivity contribution in [2.45, 2.75) is 30.0 Å². The van der Waals surface area contributed by atoms with Crippen LogP contribution in [-0.2, 0) is 11.3 Å². The minimum atomic E-state index is -0.864. The first-order valence-electron chi connectivity index (χ1n) is 8.37. The Hall–Kier alpha value is -1.38. The molecule has 9 heteroatoms. The summed E-state index contributed by atoms with van der Waals surface area (Å²) in [6.07, 6.45) is -0.0192. The van der Waals surface area contributed by atoms with Crippen molar-refractivity contribution in [1.29, 1.82) is 0 Å². The number of carboxylic acids is 1. The van der Waals surface area contributed by atoms with Gasteiger partial charge in [0.15, 0.2) is 0 Å². The van der Waals surface area contributed by atoms with E-state index in [4.69, 9.17) is 35.4 Å². The minimum Gasteiger partial charge on any atom is -0.481 e. The van der Waals surface area contributed by atoms with Gasteiger partial charge in [0, 0.05) is 4.90 Å². The number of thioether (sulfide) groups is 1. The highest BCUT2D eigenvalue weighted by Crippen LogP contribution is 2.43. The monoisotopic (exact) mass is 468 g/mol. The Labute approximate surface area is 185 Å². The number of carbonyl (C=O) groups is 1. The molecule has 1 unspecified atom stereocenters. The number of aromatic nitrogens is 1. The van der Waals surface area contributed by atoms with Crippen LogP contribution in [-0.4, -0.2) is 26.3 Å². The zero-order valence-corrected chi connectivity index (χ0v) is 18.6. The molecule has 0 amide bonds. The predicted molar refractivity (Wildman–Crippen MR) is 121 cm³/mol. The van der Waals surface area contributed by atoms with Crippen molar-refractivity contribution in [3.8, 4) is 0 Å². The van der Waals surface area contributed by atoms with E-state index in [0.29, 0.717) is 27.1 Å². The van der Waals surface area contributed by atoms with E-state index in [1.165, 1.54) is 23.1 Å². The van der Waals surface area contributed by atoms with Crippen molar-refractivity contribution >= 4 is 85.4 Å². The van der Waals surface area contributed by atoms with Gasteiger partial charge in [0.2, 0.25) is 0 Å². The van der Waals surface area contributed by atoms with Crippen LogP contribution in [0.4, 0.5) is 5.69 Å². The number of hydrogen-bond donors (Lipinski definition) is 1. The van der Waals surface area contributed by atoms with Gasteiger partial charge in [-0.2, -0.15) is 0 Å². The molecule has 0 spiro atoms. The third kappa shape index (κ3) is 3.74. The maximum absolute atomic E-state index is 11.3. The topological polar surface area (TPSA) is 53.4 Å². The summed E-state index contributed by atoms with van der Waals surface area (Å²) in [6.45, 7) is 2.48. The van der Waals surface area contributed by atoms with E-state index in [9.17, 15) is 9.90 Å². The Morgan fingerprint density at radius 1 is 1.32 bits per heavy atom. The van der Waals surface area contributed by atoms with Crippen molar-refractivity contribution in [1.82, 2.24) is 4.98 Å². The van der Waals surface area contributed by atoms with Crippen molar-refractivity contribution in [2.24, 2.45) is 0 Å². The predicted octanol–water partition coefficient (Wildman–Crippen LogP) is 6.19. The van der Waals surface area contributed by atoms with Crippen molar-refractivity contribution in [3.63, 3.8) is 0 Å². The summed E-state index contributed by atoms with van der Waals surface area (Å²) < 4.78 is 0.952. The molecule has 0 radical (unpaired) electrons. The van der Waals surface area contributed by atoms with Crippen LogP contribution in [0.5, 0.6) is 0 Å². The van der Waals surface area contributed by atoms with Crippen molar-refractivity contribution in [3.05, 3.63) is 50.9 Å². The molecule has 144 valence electrons. The Morgan fingerprint density at radius 3 is 2.86 bits per heavy atom. The lowest BCUT2D eigenvalue weighted by Crippen LogP contribution is -2.40. The first kappa shape index (κ1) is 19.9. The average Bonchev–Trinajstić information content (AvgIpc) is 3.05. The number of carboxylic acid groups (broad SMARTS) is 1. The number of aliphatic carboxylic acids is 1. The Balaban J connectivity index is 1.74. The van der Waals surface area contributed by atoms with Gasteiger partial charge < -0.3 is 10.0 Å². The van der Waals surface area contributed by atoms with Crippen molar-refractivity contribution in [2.75, 3.05) is 4.90 Å². The Kier molecular flexibility index (Phi) is 5.55. The van der Waals surface area contributed by atoms with E-state index in [2.05, 4.69) is 11.1 Å². The maximum Gasteiger partial charge on any atom is 0.304 e. The summed E-state index contributed by atoms with van der Waals surface area (Å²) in [5.74, 6) is -0.864. The molecule has 0 aliphatic carbocycles. The summed E-state index contributed by atoms with van der Waals surface area (Å²) in [7, 11) is 0. The number of rotatable bonds is 4. The molecule has 1 aliphatic rings. The molecule has 1 aromatic heterocycles. The van der Waals surface area contributed by atoms with Crippen LogP contribution < -0.4 is 4.90 Å². The molecule has 4 rings (SSSR count). The summed E-state index contributed by atoms with van der Waals surface area (Å²) in [5.41, 5.74) is 2.78. The van der Waals surface area contributed by atoms with Gasteiger partial charge >= 0.3 is 5.97 Å². The third-order valence-electron chi connectivity index (χ3n) is 4.37. The van der Waals surface area contributed by atoms with Crippen LogP contribution in [0.15, 0.2) is 35.2 Å². The quantitative estimate of drug-likeness (QED) is 0.460. The highest BCUT2D eigenvalue weighted by Gasteiger charge is 2.32. The fraction of sp³-hybridized carbons (Fsp3) is 0.211. The molecule has 3 aromatic rings. The molecule has 4 nitrogen and oxygen atoms in total. The summed E-state index contributed by atoms with van der Waals surface area (Å²) in [6, 6.07) is 9.78. The molecular weight excluding hydrogens is 455 g/mol. The van der Waals surface area contributed by atoms with E-state index >= 15 is 0 Å². The van der Waals surface area contributed by atoms with E-state index in [1.807, 2.05) is 30.0 Å². The smallest absolute Gasteiger partial charge is 0.304 e. The second-order valence-corrected chi connectivity index (χ2v) is 9.98. The van der Waals surface area contributed by atoms with Crippen LogP contribution >= 0.6 is 58.5 Å². The van der Waals surface area contributed by atoms with Crippen molar-refractivity contribution < 1.29 is 9.90 Å². The molecule has 28 heavy (non-hydrogen) atoms. The van der Waals surface area contributed by atoms with Crippen LogP contribution in [0, 0.1) is 6.92 Å². The van der Waals surface area contributed by atoms with Crippen LogP contribution in [0.1, 0.15) is 17.0 Å². The fourth-order valence-corrected chi connectivity index (χ4v) is 6.04. The first-order valence-corrected chi connectivity index (χ1v) is 11.2. The molecule has 1 aliphatic heterocycles. The lowest BCUT2D eigenvalue weighted by Gasteiger charge is -2.35. The number of benzene rings is 2. The SMILES string of the molecule is Cc1ccc2c(c1)N(Cc1nc3c(Cl)c(Cl)ccc3s1)C(=S)C(CC(=O)O)S2. The van der Waals surface area contributed by atoms with Gasteiger partial charge in [-0.05, 0) is 36.8 Å². The maximum atomic E-state index is 11.3. The second-order valence-electron chi connectivity index (χ2n) is 6.42. The highest BCUT2D eigenvalue weighted by atomic mass is 35.5. The molecule has 0 bridgehead atoms. The molecule has 2 heterocycles. The third-order valence-corrected chi connectivity index (χ3v) is 8.09. The van der Waals surface area contributed by atoms with Gasteiger partial charge in [-0.25, -0.2) is 4.98 Å². The first-order chi connectivity index (χ1) is 13.3. The van der Waals surface area contributed by atoms with Gasteiger partial charge in [0.1, 0.15) is 10.5 Å². The molecule has 2 aromatic carbocycles. The highest BCUT2D eigenvalue weighted by molar-refractivity contribution is 8.02. The van der Waals surface area contributed by atoms with Gasteiger partial charge in [-0.15, -0.1) is 23.1 Å². The van der Waals surface area contributed by atoms with E-state index < -0.39 is 5.97 Å². The number of thiazole rings is 1. The van der Waals surface area contributed by atoms with Gasteiger partial charge in [-0.1, -0.05) is 41.5 Å². The lowest BCUT2D eigenvalue weighted by atomic mass is 10.1. The van der Waals surface area contributed by atoms with E-state index in [0.717, 1.165) is 25.9 Å². The zero-order valence-electron chi connectivity index (χ0n) is 14.6. The summed E-state index contributed by atoms with van der Waals surface area (Å²) >= 11 is 21.1. The lowest BCUT2D eigenvalue weighted by molar-refractivity contribution is -0.136. The summed E-state index contributed by atoms with van der Waals surface area (Å²) in [4.78, 5) is 19.6. The number of hydrogen-bond acceptors (Lipinski definition) is 5. The number of thiocarbonyl (C=S) groups is 1. The standard InChI is InChI=1S/C19H14Cl2N2O2S3/c1-9-2-4-12-11(6-9)23(19(26)14(27-12)7-16(24)25)8-15-22-18-13(28-15)5-3-10(20)17(18)21/h2-6,14H,7-8H2,1H3,(H,24,25). The molecule has 0 saturated heterocycles. The number of nitrogens with zero attached hydrogens (tertiary/aromatic N) is 2. The largest absolute Gasteiger partial charge is 0.481 e. The fourth-order valence-electron chi connectivity index (χ4n) is 3.07. The average molecular weight is 469 g/mol. The van der Waals surface area contributed by atoms with Crippen LogP contribution in [0.3, 0.4) is 0 Å². The van der Waals surface area contributed by atoms with Crippen LogP contribution in [0.25, 0.3) is 10.2 Å². The summed E-state index contributed by atoms with van der Waals surface area (Å²) in [5, 5.41) is 10.7. The molecule has 0 saturated carbocycles. The molecular formula is C19H14Cl2N2O2S3. The molecule has 1 N–H and O–H groups in total. The molecule has 1 atom stereocenters. The van der Waals surface area contributed by atoms with Gasteiger partial charge in [0.25, 0.3) is 0 Å². The molecule has 0 fully saturated rings.